The molecule has 0 saturated carbocycles. The molecule has 0 saturated heterocycles. The minimum absolute atomic E-state index is 0.261. The lowest BCUT2D eigenvalue weighted by Gasteiger charge is -2.25. The summed E-state index contributed by atoms with van der Waals surface area (Å²) >= 11 is 2.24. The summed E-state index contributed by atoms with van der Waals surface area (Å²) in [4.78, 5) is 9.15. The number of hydrogen-bond donors (Lipinski definition) is 2. The lowest BCUT2D eigenvalue weighted by atomic mass is 10.1. The second-order valence-corrected chi connectivity index (χ2v) is 8.24. The molecule has 0 aliphatic carbocycles. The minimum atomic E-state index is -0.515. The van der Waals surface area contributed by atoms with Gasteiger partial charge in [0.15, 0.2) is 0 Å². The number of benzene rings is 2. The Balaban J connectivity index is 1.64. The molecule has 5 nitrogen and oxygen atoms in total. The molecular weight excluding hydrogens is 444 g/mol. The standard InChI is InChI=1S/C19H15FIN5/c1-19(21,14-3-2-4-15(20)8-14)26-18-11-22-17-7-12(5-6-16(17)25-18)13-9-23-24-10-13/h2-11H,1H3,(H,23,24)(H,25,26)/t19-/m0/s1. The second kappa shape index (κ2) is 6.64. The molecule has 2 N–H and O–H groups in total. The van der Waals surface area contributed by atoms with E-state index >= 15 is 0 Å². The number of anilines is 1. The van der Waals surface area contributed by atoms with Crippen molar-refractivity contribution in [3.05, 3.63) is 72.4 Å². The van der Waals surface area contributed by atoms with Gasteiger partial charge >= 0.3 is 0 Å². The number of alkyl halides is 1. The zero-order chi connectivity index (χ0) is 18.1. The molecule has 130 valence electrons. The van der Waals surface area contributed by atoms with E-state index in [1.54, 1.807) is 18.5 Å². The van der Waals surface area contributed by atoms with E-state index in [1.807, 2.05) is 37.4 Å². The first-order valence-electron chi connectivity index (χ1n) is 8.00. The molecule has 2 heterocycles. The predicted octanol–water partition coefficient (Wildman–Crippen LogP) is 4.88. The molecule has 0 radical (unpaired) electrons. The normalized spacial score (nSPS) is 13.5. The first-order valence-corrected chi connectivity index (χ1v) is 9.08. The smallest absolute Gasteiger partial charge is 0.146 e. The van der Waals surface area contributed by atoms with Crippen molar-refractivity contribution in [2.75, 3.05) is 5.32 Å². The Bertz CT molecular complexity index is 1060. The Hall–Kier alpha value is -2.55. The highest BCUT2D eigenvalue weighted by atomic mass is 127. The summed E-state index contributed by atoms with van der Waals surface area (Å²) in [5, 5.41) is 10.1. The van der Waals surface area contributed by atoms with E-state index in [0.717, 1.165) is 27.7 Å². The van der Waals surface area contributed by atoms with Gasteiger partial charge in [0.2, 0.25) is 0 Å². The number of fused-ring (bicyclic) bond motifs is 1. The van der Waals surface area contributed by atoms with Crippen LogP contribution in [0.5, 0.6) is 0 Å². The van der Waals surface area contributed by atoms with E-state index in [-0.39, 0.29) is 5.82 Å². The van der Waals surface area contributed by atoms with E-state index < -0.39 is 3.55 Å². The summed E-state index contributed by atoms with van der Waals surface area (Å²) in [5.41, 5.74) is 4.45. The van der Waals surface area contributed by atoms with E-state index in [1.165, 1.54) is 12.1 Å². The fourth-order valence-electron chi connectivity index (χ4n) is 2.75. The van der Waals surface area contributed by atoms with Crippen LogP contribution in [0.4, 0.5) is 10.2 Å². The number of rotatable bonds is 4. The van der Waals surface area contributed by atoms with Crippen LogP contribution in [0.25, 0.3) is 22.2 Å². The first kappa shape index (κ1) is 16.9. The number of aromatic amines is 1. The molecule has 4 aromatic rings. The van der Waals surface area contributed by atoms with Crippen LogP contribution in [0.3, 0.4) is 0 Å². The van der Waals surface area contributed by atoms with E-state index in [4.69, 9.17) is 0 Å². The van der Waals surface area contributed by atoms with Crippen molar-refractivity contribution < 1.29 is 4.39 Å². The van der Waals surface area contributed by atoms with Gasteiger partial charge in [-0.1, -0.05) is 18.2 Å². The number of nitrogens with zero attached hydrogens (tertiary/aromatic N) is 3. The summed E-state index contributed by atoms with van der Waals surface area (Å²) in [6, 6.07) is 12.4. The van der Waals surface area contributed by atoms with Gasteiger partial charge in [-0.3, -0.25) is 10.1 Å². The van der Waals surface area contributed by atoms with Crippen LogP contribution in [0.15, 0.2) is 61.1 Å². The molecule has 1 atom stereocenters. The van der Waals surface area contributed by atoms with Crippen LogP contribution in [-0.4, -0.2) is 20.2 Å². The van der Waals surface area contributed by atoms with Crippen LogP contribution >= 0.6 is 22.6 Å². The Labute approximate surface area is 163 Å². The van der Waals surface area contributed by atoms with Crippen LogP contribution in [0.1, 0.15) is 12.5 Å². The van der Waals surface area contributed by atoms with Gasteiger partial charge in [0.05, 0.1) is 23.4 Å². The summed E-state index contributed by atoms with van der Waals surface area (Å²) in [7, 11) is 0. The topological polar surface area (TPSA) is 66.5 Å². The average molecular weight is 459 g/mol. The van der Waals surface area contributed by atoms with Gasteiger partial charge in [-0.25, -0.2) is 9.37 Å². The molecule has 0 aliphatic rings. The quantitative estimate of drug-likeness (QED) is 0.260. The van der Waals surface area contributed by atoms with E-state index in [2.05, 4.69) is 48.1 Å². The van der Waals surface area contributed by atoms with Gasteiger partial charge in [-0.05, 0) is 64.9 Å². The average Bonchev–Trinajstić information content (AvgIpc) is 3.16. The zero-order valence-corrected chi connectivity index (χ0v) is 16.0. The number of nitrogens with one attached hydrogen (secondary N) is 2. The second-order valence-electron chi connectivity index (χ2n) is 6.08. The van der Waals surface area contributed by atoms with Crippen LogP contribution in [0.2, 0.25) is 0 Å². The maximum absolute atomic E-state index is 13.5. The maximum Gasteiger partial charge on any atom is 0.146 e. The predicted molar refractivity (Wildman–Crippen MR) is 109 cm³/mol. The number of hydrogen-bond acceptors (Lipinski definition) is 4. The first-order chi connectivity index (χ1) is 12.5. The molecule has 0 amide bonds. The van der Waals surface area contributed by atoms with E-state index in [9.17, 15) is 4.39 Å². The highest BCUT2D eigenvalue weighted by Gasteiger charge is 2.23. The Morgan fingerprint density at radius 2 is 1.96 bits per heavy atom. The molecule has 0 fully saturated rings. The Morgan fingerprint density at radius 1 is 1.08 bits per heavy atom. The van der Waals surface area contributed by atoms with Crippen molar-refractivity contribution in [2.45, 2.75) is 10.5 Å². The van der Waals surface area contributed by atoms with Crippen molar-refractivity contribution in [1.29, 1.82) is 0 Å². The number of aromatic nitrogens is 4. The third kappa shape index (κ3) is 3.39. The monoisotopic (exact) mass is 459 g/mol. The fourth-order valence-corrected chi connectivity index (χ4v) is 3.36. The molecular formula is C19H15FIN5. The van der Waals surface area contributed by atoms with Crippen LogP contribution < -0.4 is 5.32 Å². The van der Waals surface area contributed by atoms with E-state index in [0.29, 0.717) is 5.82 Å². The molecule has 4 rings (SSSR count). The molecule has 7 heteroatoms. The highest BCUT2D eigenvalue weighted by Crippen LogP contribution is 2.33. The largest absolute Gasteiger partial charge is 0.351 e. The summed E-state index contributed by atoms with van der Waals surface area (Å²) < 4.78 is 13.0. The van der Waals surface area contributed by atoms with Crippen molar-refractivity contribution in [2.24, 2.45) is 0 Å². The lowest BCUT2D eigenvalue weighted by Crippen LogP contribution is -2.25. The zero-order valence-electron chi connectivity index (χ0n) is 13.9. The lowest BCUT2D eigenvalue weighted by molar-refractivity contribution is 0.623. The molecule has 0 unspecified atom stereocenters. The van der Waals surface area contributed by atoms with Crippen molar-refractivity contribution >= 4 is 39.4 Å². The number of halogens is 2. The van der Waals surface area contributed by atoms with Crippen molar-refractivity contribution in [3.8, 4) is 11.1 Å². The van der Waals surface area contributed by atoms with Gasteiger partial charge in [0.25, 0.3) is 0 Å². The molecule has 2 aromatic carbocycles. The van der Waals surface area contributed by atoms with Gasteiger partial charge < -0.3 is 5.32 Å². The molecule has 0 spiro atoms. The summed E-state index contributed by atoms with van der Waals surface area (Å²) in [6.45, 7) is 1.97. The number of H-pyrrole nitrogens is 1. The SMILES string of the molecule is C[C@](I)(Nc1cnc2cc(-c3cn[nH]c3)ccc2n1)c1cccc(F)c1. The van der Waals surface area contributed by atoms with Gasteiger partial charge in [0, 0.05) is 11.8 Å². The Morgan fingerprint density at radius 3 is 2.73 bits per heavy atom. The maximum atomic E-state index is 13.5. The van der Waals surface area contributed by atoms with Gasteiger partial charge in [0.1, 0.15) is 15.2 Å². The highest BCUT2D eigenvalue weighted by molar-refractivity contribution is 14.1. The van der Waals surface area contributed by atoms with Crippen molar-refractivity contribution in [3.63, 3.8) is 0 Å². The van der Waals surface area contributed by atoms with Crippen molar-refractivity contribution in [1.82, 2.24) is 20.2 Å². The summed E-state index contributed by atoms with van der Waals surface area (Å²) in [5.74, 6) is 0.373. The van der Waals surface area contributed by atoms with Gasteiger partial charge in [-0.2, -0.15) is 5.10 Å². The minimum Gasteiger partial charge on any atom is -0.351 e. The van der Waals surface area contributed by atoms with Crippen LogP contribution in [-0.2, 0) is 3.55 Å². The Kier molecular flexibility index (Phi) is 4.31. The molecule has 26 heavy (non-hydrogen) atoms. The molecule has 0 bridgehead atoms. The fraction of sp³-hybridized carbons (Fsp3) is 0.105. The van der Waals surface area contributed by atoms with Gasteiger partial charge in [-0.15, -0.1) is 0 Å². The summed E-state index contributed by atoms with van der Waals surface area (Å²) in [6.07, 6.45) is 5.30. The third-order valence-electron chi connectivity index (χ3n) is 4.10. The van der Waals surface area contributed by atoms with Crippen LogP contribution in [0, 0.1) is 5.82 Å². The third-order valence-corrected chi connectivity index (χ3v) is 5.00. The molecule has 0 aliphatic heterocycles. The molecule has 2 aromatic heterocycles.